The molecule has 0 aliphatic rings. The van der Waals surface area contributed by atoms with Crippen molar-refractivity contribution in [3.8, 4) is 0 Å². The van der Waals surface area contributed by atoms with Gasteiger partial charge in [0, 0.05) is 0 Å². The minimum atomic E-state index is 0.349. The van der Waals surface area contributed by atoms with E-state index in [4.69, 9.17) is 9.98 Å². The normalized spacial score (nSPS) is 12.6. The predicted molar refractivity (Wildman–Crippen MR) is 203 cm³/mol. The Morgan fingerprint density at radius 2 is 0.378 bits per heavy atom. The van der Waals surface area contributed by atoms with Crippen LogP contribution < -0.4 is 0 Å². The first-order chi connectivity index (χ1) is 20.7. The summed E-state index contributed by atoms with van der Waals surface area (Å²) >= 11 is 0. The molecule has 0 radical (unpaired) electrons. The van der Waals surface area contributed by atoms with E-state index in [1.807, 2.05) is 0 Å². The molecular formula is C43H70N2. The number of hydrogen-bond acceptors (Lipinski definition) is 2. The molecular weight excluding hydrogens is 544 g/mol. The van der Waals surface area contributed by atoms with Gasteiger partial charge in [-0.15, -0.1) is 0 Å². The molecule has 0 fully saturated rings. The van der Waals surface area contributed by atoms with E-state index in [1.165, 1.54) is 44.5 Å². The van der Waals surface area contributed by atoms with Crippen molar-refractivity contribution in [2.24, 2.45) is 9.98 Å². The summed E-state index contributed by atoms with van der Waals surface area (Å²) in [5, 5.41) is 0. The van der Waals surface area contributed by atoms with Crippen molar-refractivity contribution in [2.45, 2.75) is 198 Å². The van der Waals surface area contributed by atoms with E-state index in [9.17, 15) is 0 Å². The minimum Gasteiger partial charge on any atom is -0.187 e. The van der Waals surface area contributed by atoms with Crippen molar-refractivity contribution in [1.82, 2.24) is 0 Å². The van der Waals surface area contributed by atoms with Crippen LogP contribution in [0.5, 0.6) is 0 Å². The zero-order valence-corrected chi connectivity index (χ0v) is 33.2. The molecule has 2 heteroatoms. The molecule has 0 bridgehead atoms. The van der Waals surface area contributed by atoms with Crippen molar-refractivity contribution < 1.29 is 0 Å². The Morgan fingerprint density at radius 3 is 0.511 bits per heavy atom. The third-order valence-electron chi connectivity index (χ3n) is 9.44. The van der Waals surface area contributed by atoms with Crippen molar-refractivity contribution >= 4 is 17.4 Å². The Balaban J connectivity index is 3.33. The lowest BCUT2D eigenvalue weighted by Gasteiger charge is -2.33. The molecule has 0 spiro atoms. The fourth-order valence-corrected chi connectivity index (χ4v) is 8.11. The lowest BCUT2D eigenvalue weighted by Crippen LogP contribution is -2.15. The molecule has 0 aliphatic carbocycles. The molecule has 0 atom stereocenters. The van der Waals surface area contributed by atoms with Gasteiger partial charge in [-0.25, -0.2) is 0 Å². The van der Waals surface area contributed by atoms with E-state index < -0.39 is 0 Å². The predicted octanol–water partition coefficient (Wildman–Crippen LogP) is 15.1. The summed E-state index contributed by atoms with van der Waals surface area (Å²) in [5.74, 6) is 3.95. The molecule has 0 saturated carbocycles. The summed E-state index contributed by atoms with van der Waals surface area (Å²) in [6.45, 7) is 47.0. The standard InChI is InChI=1S/C43H70N2/c1-22(2)32-34(24(5)6)38(28(13)14)42(39(29(15)16)35(32)25(7)8)44-21-45-43-40(30(17)18)36(26(9)10)33(23(3)4)37(27(11)12)41(43)31(19)20/h22-31H,1-20H3. The van der Waals surface area contributed by atoms with Crippen LogP contribution in [0, 0.1) is 0 Å². The van der Waals surface area contributed by atoms with Crippen molar-refractivity contribution in [1.29, 1.82) is 0 Å². The molecule has 252 valence electrons. The van der Waals surface area contributed by atoms with Gasteiger partial charge in [0.2, 0.25) is 0 Å². The Hall–Kier alpha value is -2.18. The zero-order chi connectivity index (χ0) is 34.8. The molecule has 0 N–H and O–H groups in total. The fourth-order valence-electron chi connectivity index (χ4n) is 8.11. The van der Waals surface area contributed by atoms with Gasteiger partial charge in [0.1, 0.15) is 6.01 Å². The summed E-state index contributed by atoms with van der Waals surface area (Å²) in [4.78, 5) is 10.6. The van der Waals surface area contributed by atoms with Gasteiger partial charge in [0.15, 0.2) is 0 Å². The molecule has 2 aromatic rings. The molecule has 2 nitrogen and oxygen atoms in total. The number of nitrogens with zero attached hydrogens (tertiary/aromatic N) is 2. The Kier molecular flexibility index (Phi) is 13.5. The van der Waals surface area contributed by atoms with Crippen LogP contribution >= 0.6 is 0 Å². The third-order valence-corrected chi connectivity index (χ3v) is 9.44. The van der Waals surface area contributed by atoms with Crippen LogP contribution in [0.3, 0.4) is 0 Å². The second-order valence-corrected chi connectivity index (χ2v) is 16.7. The van der Waals surface area contributed by atoms with E-state index in [-0.39, 0.29) is 0 Å². The second-order valence-electron chi connectivity index (χ2n) is 16.7. The Labute approximate surface area is 280 Å². The fraction of sp³-hybridized carbons (Fsp3) is 0.698. The molecule has 0 unspecified atom stereocenters. The number of rotatable bonds is 12. The number of aliphatic imine (C=N–C) groups is 2. The van der Waals surface area contributed by atoms with Crippen LogP contribution in [-0.4, -0.2) is 6.01 Å². The molecule has 0 aliphatic heterocycles. The maximum absolute atomic E-state index is 5.32. The van der Waals surface area contributed by atoms with Crippen molar-refractivity contribution in [2.75, 3.05) is 0 Å². The van der Waals surface area contributed by atoms with E-state index in [2.05, 4.69) is 144 Å². The summed E-state index contributed by atoms with van der Waals surface area (Å²) < 4.78 is 0. The van der Waals surface area contributed by atoms with E-state index >= 15 is 0 Å². The van der Waals surface area contributed by atoms with Crippen LogP contribution in [0.25, 0.3) is 0 Å². The third kappa shape index (κ3) is 7.87. The lowest BCUT2D eigenvalue weighted by molar-refractivity contribution is 0.699. The maximum atomic E-state index is 5.32. The zero-order valence-electron chi connectivity index (χ0n) is 33.2. The monoisotopic (exact) mass is 615 g/mol. The highest BCUT2D eigenvalue weighted by Crippen LogP contribution is 2.50. The summed E-state index contributed by atoms with van der Waals surface area (Å²) in [6, 6.07) is 3.41. The minimum absolute atomic E-state index is 0.349. The van der Waals surface area contributed by atoms with Crippen LogP contribution in [0.2, 0.25) is 0 Å². The first-order valence-corrected chi connectivity index (χ1v) is 18.3. The highest BCUT2D eigenvalue weighted by Gasteiger charge is 2.31. The average Bonchev–Trinajstić information content (AvgIpc) is 2.89. The van der Waals surface area contributed by atoms with E-state index in [0.717, 1.165) is 11.4 Å². The topological polar surface area (TPSA) is 24.7 Å². The molecule has 2 aromatic carbocycles. The number of benzene rings is 2. The van der Waals surface area contributed by atoms with Gasteiger partial charge < -0.3 is 0 Å². The first-order valence-electron chi connectivity index (χ1n) is 18.3. The Bertz CT molecular complexity index is 1200. The Morgan fingerprint density at radius 1 is 0.244 bits per heavy atom. The second kappa shape index (κ2) is 15.6. The van der Waals surface area contributed by atoms with Crippen molar-refractivity contribution in [3.63, 3.8) is 0 Å². The molecule has 45 heavy (non-hydrogen) atoms. The summed E-state index contributed by atoms with van der Waals surface area (Å²) in [7, 11) is 0. The van der Waals surface area contributed by atoms with E-state index in [1.54, 1.807) is 11.1 Å². The molecule has 0 saturated heterocycles. The largest absolute Gasteiger partial charge is 0.187 e. The van der Waals surface area contributed by atoms with Crippen LogP contribution in [0.15, 0.2) is 9.98 Å². The van der Waals surface area contributed by atoms with Gasteiger partial charge in [0.25, 0.3) is 0 Å². The highest BCUT2D eigenvalue weighted by atomic mass is 14.8. The van der Waals surface area contributed by atoms with Gasteiger partial charge in [-0.2, -0.15) is 9.98 Å². The highest BCUT2D eigenvalue weighted by molar-refractivity contribution is 5.74. The van der Waals surface area contributed by atoms with E-state index in [0.29, 0.717) is 59.2 Å². The lowest BCUT2D eigenvalue weighted by atomic mass is 9.73. The summed E-state index contributed by atoms with van der Waals surface area (Å²) in [5.41, 5.74) is 16.8. The van der Waals surface area contributed by atoms with Crippen LogP contribution in [0.1, 0.15) is 253 Å². The quantitative estimate of drug-likeness (QED) is 0.212. The van der Waals surface area contributed by atoms with Gasteiger partial charge >= 0.3 is 0 Å². The molecule has 0 aromatic heterocycles. The van der Waals surface area contributed by atoms with Gasteiger partial charge in [0.05, 0.1) is 11.4 Å². The van der Waals surface area contributed by atoms with Crippen LogP contribution in [-0.2, 0) is 0 Å². The smallest absolute Gasteiger partial charge is 0.101 e. The van der Waals surface area contributed by atoms with Gasteiger partial charge in [-0.1, -0.05) is 138 Å². The molecule has 2 rings (SSSR count). The van der Waals surface area contributed by atoms with Gasteiger partial charge in [-0.3, -0.25) is 0 Å². The maximum Gasteiger partial charge on any atom is 0.101 e. The van der Waals surface area contributed by atoms with Gasteiger partial charge in [-0.05, 0) is 115 Å². The first kappa shape index (κ1) is 39.0. The van der Waals surface area contributed by atoms with Crippen LogP contribution in [0.4, 0.5) is 11.4 Å². The SMILES string of the molecule is CC(C)c1c(N=C=Nc2c(C(C)C)c(C(C)C)c(C(C)C)c(C(C)C)c2C(C)C)c(C(C)C)c(C(C)C)c(C(C)C)c1C(C)C. The average molecular weight is 615 g/mol. The number of hydrogen-bond donors (Lipinski definition) is 0. The van der Waals surface area contributed by atoms with Crippen molar-refractivity contribution in [3.05, 3.63) is 55.6 Å². The summed E-state index contributed by atoms with van der Waals surface area (Å²) in [6.07, 6.45) is 0. The molecule has 0 amide bonds. The molecule has 0 heterocycles.